The first-order valence-electron chi connectivity index (χ1n) is 3.54. The summed E-state index contributed by atoms with van der Waals surface area (Å²) in [4.78, 5) is 9.99. The number of carbonyl (C=O) groups is 1. The summed E-state index contributed by atoms with van der Waals surface area (Å²) in [5.74, 6) is 4.58. The van der Waals surface area contributed by atoms with Crippen LogP contribution in [-0.4, -0.2) is 12.1 Å². The van der Waals surface area contributed by atoms with Gasteiger partial charge >= 0.3 is 0 Å². The number of hydrogen-bond donors (Lipinski definition) is 0. The minimum atomic E-state index is 0.164. The van der Waals surface area contributed by atoms with Crippen LogP contribution in [0, 0.1) is 29.6 Å². The van der Waals surface area contributed by atoms with Gasteiger partial charge in [0.15, 0.2) is 0 Å². The lowest BCUT2D eigenvalue weighted by Gasteiger charge is -2.24. The van der Waals surface area contributed by atoms with Crippen LogP contribution in [0.15, 0.2) is 0 Å². The molecule has 2 heteroatoms. The predicted molar refractivity (Wildman–Crippen MR) is 27.3 cm³/mol. The third-order valence-electron chi connectivity index (χ3n) is 4.06. The van der Waals surface area contributed by atoms with Gasteiger partial charge in [-0.1, -0.05) is 0 Å². The first-order chi connectivity index (χ1) is 4.43. The zero-order valence-corrected chi connectivity index (χ0v) is 4.78. The Hall–Kier alpha value is -0.530. The number of rotatable bonds is 2. The van der Waals surface area contributed by atoms with Crippen molar-refractivity contribution in [1.82, 2.24) is 0 Å². The van der Waals surface area contributed by atoms with Gasteiger partial charge in [0.2, 0.25) is 0 Å². The van der Waals surface area contributed by atoms with E-state index in [1.807, 2.05) is 0 Å². The van der Waals surface area contributed by atoms with Crippen LogP contribution in [0.25, 0.3) is 0 Å². The molecule has 0 bridgehead atoms. The van der Waals surface area contributed by atoms with Crippen LogP contribution in [0.3, 0.4) is 0 Å². The zero-order valence-electron chi connectivity index (χ0n) is 4.78. The van der Waals surface area contributed by atoms with Crippen molar-refractivity contribution in [3.8, 4) is 0 Å². The van der Waals surface area contributed by atoms with Gasteiger partial charge in [0, 0.05) is 17.8 Å². The van der Waals surface area contributed by atoms with E-state index in [2.05, 4.69) is 0 Å². The van der Waals surface area contributed by atoms with Crippen molar-refractivity contribution in [2.75, 3.05) is 0 Å². The molecule has 5 aliphatic rings. The van der Waals surface area contributed by atoms with Gasteiger partial charge in [0.1, 0.15) is 5.60 Å². The van der Waals surface area contributed by atoms with E-state index in [4.69, 9.17) is 4.74 Å². The first kappa shape index (κ1) is 3.59. The molecule has 0 aliphatic heterocycles. The summed E-state index contributed by atoms with van der Waals surface area (Å²) in [6.07, 6.45) is 0. The Morgan fingerprint density at radius 1 is 1.22 bits per heavy atom. The molecule has 4 unspecified atom stereocenters. The Balaban J connectivity index is 1.78. The maximum absolute atomic E-state index is 9.99. The van der Waals surface area contributed by atoms with Crippen molar-refractivity contribution < 1.29 is 9.53 Å². The molecule has 0 N–H and O–H groups in total. The highest BCUT2D eigenvalue weighted by Crippen LogP contribution is 3.03. The summed E-state index contributed by atoms with van der Waals surface area (Å²) in [6.45, 7) is 0.637. The monoisotopic (exact) mass is 122 g/mol. The minimum absolute atomic E-state index is 0.164. The Morgan fingerprint density at radius 3 is 2.33 bits per heavy atom. The first-order valence-corrected chi connectivity index (χ1v) is 3.54. The molecule has 0 radical (unpaired) electrons. The zero-order chi connectivity index (χ0) is 5.80. The molecule has 0 spiro atoms. The van der Waals surface area contributed by atoms with Gasteiger partial charge in [-0.05, 0) is 11.8 Å². The molecule has 0 amide bonds. The van der Waals surface area contributed by atoms with Crippen LogP contribution in [-0.2, 0) is 9.53 Å². The second-order valence-electron chi connectivity index (χ2n) is 3.80. The highest BCUT2D eigenvalue weighted by atomic mass is 16.6. The van der Waals surface area contributed by atoms with Gasteiger partial charge in [-0.2, -0.15) is 0 Å². The highest BCUT2D eigenvalue weighted by molar-refractivity contribution is 5.58. The SMILES string of the molecule is O=COC12C3C4C3C1C42. The molecule has 5 fully saturated rings. The Bertz CT molecular complexity index is 206. The van der Waals surface area contributed by atoms with E-state index in [1.165, 1.54) is 0 Å². The lowest BCUT2D eigenvalue weighted by molar-refractivity contribution is -0.144. The van der Waals surface area contributed by atoms with Crippen molar-refractivity contribution in [1.29, 1.82) is 0 Å². The van der Waals surface area contributed by atoms with Crippen LogP contribution >= 0.6 is 0 Å². The summed E-state index contributed by atoms with van der Waals surface area (Å²) in [5.41, 5.74) is 0.164. The average molecular weight is 122 g/mol. The average Bonchev–Trinajstić information content (AvgIpc) is 2.28. The van der Waals surface area contributed by atoms with Crippen molar-refractivity contribution in [3.05, 3.63) is 0 Å². The summed E-state index contributed by atoms with van der Waals surface area (Å²) in [6, 6.07) is 0. The van der Waals surface area contributed by atoms with Crippen molar-refractivity contribution in [2.45, 2.75) is 5.60 Å². The second-order valence-corrected chi connectivity index (χ2v) is 3.80. The third-order valence-corrected chi connectivity index (χ3v) is 4.06. The molecule has 46 valence electrons. The number of carbonyl (C=O) groups excluding carboxylic acids is 1. The normalized spacial score (nSPS) is 83.3. The fraction of sp³-hybridized carbons (Fsp3) is 0.857. The van der Waals surface area contributed by atoms with Crippen LogP contribution in [0.2, 0.25) is 0 Å². The predicted octanol–water partition coefficient (Wildman–Crippen LogP) is 0.0336. The molecule has 2 nitrogen and oxygen atoms in total. The van der Waals surface area contributed by atoms with E-state index in [-0.39, 0.29) is 5.60 Å². The molecule has 0 aromatic heterocycles. The van der Waals surface area contributed by atoms with Gasteiger partial charge < -0.3 is 4.74 Å². The molecule has 5 rings (SSSR count). The molecule has 5 aliphatic carbocycles. The molecule has 5 saturated carbocycles. The number of ether oxygens (including phenoxy) is 1. The van der Waals surface area contributed by atoms with E-state index in [0.29, 0.717) is 6.47 Å². The van der Waals surface area contributed by atoms with Crippen LogP contribution in [0.1, 0.15) is 0 Å². The Labute approximate surface area is 52.2 Å². The van der Waals surface area contributed by atoms with E-state index >= 15 is 0 Å². The van der Waals surface area contributed by atoms with Gasteiger partial charge in [-0.25, -0.2) is 0 Å². The van der Waals surface area contributed by atoms with Crippen molar-refractivity contribution >= 4 is 6.47 Å². The summed E-state index contributed by atoms with van der Waals surface area (Å²) in [5, 5.41) is 0. The highest BCUT2D eigenvalue weighted by Gasteiger charge is 3.08. The van der Waals surface area contributed by atoms with Gasteiger partial charge in [0.05, 0.1) is 0 Å². The lowest BCUT2D eigenvalue weighted by Crippen LogP contribution is -2.32. The molecular formula is C7H6O2. The van der Waals surface area contributed by atoms with Crippen LogP contribution in [0.4, 0.5) is 0 Å². The van der Waals surface area contributed by atoms with Crippen molar-refractivity contribution in [2.24, 2.45) is 29.6 Å². The molecule has 9 heavy (non-hydrogen) atoms. The van der Waals surface area contributed by atoms with Crippen LogP contribution < -0.4 is 0 Å². The molecule has 0 saturated heterocycles. The number of hydrogen-bond acceptors (Lipinski definition) is 2. The third kappa shape index (κ3) is 0.130. The molecule has 4 atom stereocenters. The van der Waals surface area contributed by atoms with Crippen LogP contribution in [0.5, 0.6) is 0 Å². The second kappa shape index (κ2) is 0.619. The molecule has 0 aromatic carbocycles. The van der Waals surface area contributed by atoms with Gasteiger partial charge in [-0.15, -0.1) is 0 Å². The molecular weight excluding hydrogens is 116 g/mol. The quantitative estimate of drug-likeness (QED) is 0.483. The van der Waals surface area contributed by atoms with E-state index in [0.717, 1.165) is 29.6 Å². The van der Waals surface area contributed by atoms with Gasteiger partial charge in [0.25, 0.3) is 6.47 Å². The lowest BCUT2D eigenvalue weighted by atomic mass is 9.95. The largest absolute Gasteiger partial charge is 0.460 e. The summed E-state index contributed by atoms with van der Waals surface area (Å²) in [7, 11) is 0. The topological polar surface area (TPSA) is 26.3 Å². The Morgan fingerprint density at radius 2 is 1.89 bits per heavy atom. The maximum atomic E-state index is 9.99. The minimum Gasteiger partial charge on any atom is -0.460 e. The maximum Gasteiger partial charge on any atom is 0.293 e. The molecule has 0 heterocycles. The molecule has 0 aromatic rings. The standard InChI is InChI=1S/C7H6O2/c8-1-9-7-4-2-3(4)6(7)5(2)7/h1-6H. The van der Waals surface area contributed by atoms with E-state index in [9.17, 15) is 4.79 Å². The van der Waals surface area contributed by atoms with E-state index in [1.54, 1.807) is 0 Å². The van der Waals surface area contributed by atoms with E-state index < -0.39 is 0 Å². The van der Waals surface area contributed by atoms with Crippen molar-refractivity contribution in [3.63, 3.8) is 0 Å². The summed E-state index contributed by atoms with van der Waals surface area (Å²) >= 11 is 0. The smallest absolute Gasteiger partial charge is 0.293 e. The fourth-order valence-electron chi connectivity index (χ4n) is 3.79. The van der Waals surface area contributed by atoms with Gasteiger partial charge in [-0.3, -0.25) is 4.79 Å². The summed E-state index contributed by atoms with van der Waals surface area (Å²) < 4.78 is 5.04. The Kier molecular flexibility index (Phi) is 0.247. The fourth-order valence-corrected chi connectivity index (χ4v) is 3.79.